The Morgan fingerprint density at radius 2 is 1.69 bits per heavy atom. The maximum Gasteiger partial charge on any atom is 0.289 e. The highest BCUT2D eigenvalue weighted by atomic mass is 16.3. The number of pyridine rings is 1. The molecule has 2 amide bonds. The van der Waals surface area contributed by atoms with Gasteiger partial charge in [-0.05, 0) is 23.8 Å². The van der Waals surface area contributed by atoms with Gasteiger partial charge in [-0.1, -0.05) is 6.07 Å². The number of aromatic nitrogens is 3. The first kappa shape index (κ1) is 18.6. The third-order valence-corrected chi connectivity index (χ3v) is 4.66. The van der Waals surface area contributed by atoms with E-state index in [9.17, 15) is 9.59 Å². The SMILES string of the molecule is O=C(c1cnc(NCc2cccnc2)nc1)N1CCN(C(=O)c2ccco2)CC1. The van der Waals surface area contributed by atoms with Crippen LogP contribution in [0.1, 0.15) is 26.5 Å². The zero-order valence-electron chi connectivity index (χ0n) is 15.7. The first-order chi connectivity index (χ1) is 14.2. The van der Waals surface area contributed by atoms with Gasteiger partial charge in [0.2, 0.25) is 5.95 Å². The number of furan rings is 1. The number of anilines is 1. The monoisotopic (exact) mass is 392 g/mol. The zero-order valence-corrected chi connectivity index (χ0v) is 15.7. The van der Waals surface area contributed by atoms with Crippen LogP contribution in [0.15, 0.2) is 59.7 Å². The summed E-state index contributed by atoms with van der Waals surface area (Å²) in [5.41, 5.74) is 1.43. The summed E-state index contributed by atoms with van der Waals surface area (Å²) in [6.45, 7) is 2.36. The van der Waals surface area contributed by atoms with Gasteiger partial charge in [0.05, 0.1) is 11.8 Å². The van der Waals surface area contributed by atoms with Crippen LogP contribution in [0.4, 0.5) is 5.95 Å². The first-order valence-corrected chi connectivity index (χ1v) is 9.27. The molecule has 9 nitrogen and oxygen atoms in total. The number of piperazine rings is 1. The fraction of sp³-hybridized carbons (Fsp3) is 0.250. The van der Waals surface area contributed by atoms with Crippen LogP contribution in [-0.2, 0) is 6.54 Å². The van der Waals surface area contributed by atoms with Crippen molar-refractivity contribution >= 4 is 17.8 Å². The molecule has 1 fully saturated rings. The summed E-state index contributed by atoms with van der Waals surface area (Å²) in [5.74, 6) is 0.454. The Hall–Kier alpha value is -3.75. The summed E-state index contributed by atoms with van der Waals surface area (Å²) >= 11 is 0. The molecular weight excluding hydrogens is 372 g/mol. The van der Waals surface area contributed by atoms with Crippen LogP contribution in [0.5, 0.6) is 0 Å². The van der Waals surface area contributed by atoms with E-state index >= 15 is 0 Å². The molecule has 3 aromatic heterocycles. The Balaban J connectivity index is 1.30. The number of hydrogen-bond donors (Lipinski definition) is 1. The molecule has 0 aliphatic carbocycles. The second-order valence-electron chi connectivity index (χ2n) is 6.57. The first-order valence-electron chi connectivity index (χ1n) is 9.27. The van der Waals surface area contributed by atoms with E-state index in [2.05, 4.69) is 20.3 Å². The predicted molar refractivity (Wildman–Crippen MR) is 104 cm³/mol. The fourth-order valence-corrected chi connectivity index (χ4v) is 3.06. The van der Waals surface area contributed by atoms with E-state index in [0.29, 0.717) is 50.0 Å². The number of rotatable bonds is 5. The Bertz CT molecular complexity index is 952. The van der Waals surface area contributed by atoms with Crippen molar-refractivity contribution in [2.75, 3.05) is 31.5 Å². The standard InChI is InChI=1S/C20H20N6O3/c27-18(25-6-8-26(9-7-25)19(28)17-4-2-10-29-17)16-13-23-20(24-14-16)22-12-15-3-1-5-21-11-15/h1-5,10-11,13-14H,6-9,12H2,(H,22,23,24). The average Bonchev–Trinajstić information content (AvgIpc) is 3.33. The average molecular weight is 392 g/mol. The zero-order chi connectivity index (χ0) is 20.1. The van der Waals surface area contributed by atoms with Crippen molar-refractivity contribution in [3.05, 3.63) is 72.2 Å². The van der Waals surface area contributed by atoms with Crippen LogP contribution in [0.2, 0.25) is 0 Å². The van der Waals surface area contributed by atoms with Gasteiger partial charge >= 0.3 is 0 Å². The van der Waals surface area contributed by atoms with Crippen molar-refractivity contribution in [1.29, 1.82) is 0 Å². The minimum absolute atomic E-state index is 0.145. The smallest absolute Gasteiger partial charge is 0.289 e. The van der Waals surface area contributed by atoms with E-state index in [1.165, 1.54) is 18.7 Å². The molecule has 1 saturated heterocycles. The molecule has 0 unspecified atom stereocenters. The summed E-state index contributed by atoms with van der Waals surface area (Å²) < 4.78 is 5.15. The number of nitrogens with one attached hydrogen (secondary N) is 1. The Kier molecular flexibility index (Phi) is 5.46. The van der Waals surface area contributed by atoms with E-state index < -0.39 is 0 Å². The van der Waals surface area contributed by atoms with Crippen molar-refractivity contribution in [3.8, 4) is 0 Å². The van der Waals surface area contributed by atoms with Gasteiger partial charge in [-0.3, -0.25) is 14.6 Å². The number of carbonyl (C=O) groups is 2. The quantitative estimate of drug-likeness (QED) is 0.704. The van der Waals surface area contributed by atoms with Gasteiger partial charge in [-0.25, -0.2) is 9.97 Å². The highest BCUT2D eigenvalue weighted by Crippen LogP contribution is 2.12. The van der Waals surface area contributed by atoms with Gasteiger partial charge in [0.1, 0.15) is 0 Å². The van der Waals surface area contributed by atoms with Crippen LogP contribution in [0.25, 0.3) is 0 Å². The molecule has 3 aromatic rings. The molecule has 0 aromatic carbocycles. The molecule has 1 N–H and O–H groups in total. The summed E-state index contributed by atoms with van der Waals surface area (Å²) in [6.07, 6.45) is 7.99. The lowest BCUT2D eigenvalue weighted by molar-refractivity contribution is 0.0517. The van der Waals surface area contributed by atoms with Gasteiger partial charge in [0, 0.05) is 57.5 Å². The number of carbonyl (C=O) groups excluding carboxylic acids is 2. The van der Waals surface area contributed by atoms with Gasteiger partial charge in [-0.15, -0.1) is 0 Å². The molecule has 0 bridgehead atoms. The highest BCUT2D eigenvalue weighted by molar-refractivity contribution is 5.94. The molecule has 1 aliphatic rings. The third kappa shape index (κ3) is 4.40. The van der Waals surface area contributed by atoms with Crippen LogP contribution < -0.4 is 5.32 Å². The number of nitrogens with zero attached hydrogens (tertiary/aromatic N) is 5. The van der Waals surface area contributed by atoms with Crippen LogP contribution in [0.3, 0.4) is 0 Å². The third-order valence-electron chi connectivity index (χ3n) is 4.66. The van der Waals surface area contributed by atoms with Gasteiger partial charge in [0.25, 0.3) is 11.8 Å². The lowest BCUT2D eigenvalue weighted by atomic mass is 10.2. The Morgan fingerprint density at radius 3 is 2.31 bits per heavy atom. The normalized spacial score (nSPS) is 13.9. The molecule has 1 aliphatic heterocycles. The van der Waals surface area contributed by atoms with Gasteiger partial charge in [0.15, 0.2) is 5.76 Å². The Morgan fingerprint density at radius 1 is 0.966 bits per heavy atom. The molecule has 0 radical (unpaired) electrons. The molecule has 0 spiro atoms. The molecule has 0 saturated carbocycles. The van der Waals surface area contributed by atoms with Crippen molar-refractivity contribution in [1.82, 2.24) is 24.8 Å². The largest absolute Gasteiger partial charge is 0.459 e. The van der Waals surface area contributed by atoms with Crippen molar-refractivity contribution in [2.24, 2.45) is 0 Å². The number of hydrogen-bond acceptors (Lipinski definition) is 7. The second kappa shape index (κ2) is 8.51. The minimum atomic E-state index is -0.158. The molecular formula is C20H20N6O3. The van der Waals surface area contributed by atoms with Crippen molar-refractivity contribution < 1.29 is 14.0 Å². The second-order valence-corrected chi connectivity index (χ2v) is 6.57. The lowest BCUT2D eigenvalue weighted by Gasteiger charge is -2.34. The van der Waals surface area contributed by atoms with Crippen LogP contribution >= 0.6 is 0 Å². The van der Waals surface area contributed by atoms with E-state index in [0.717, 1.165) is 5.56 Å². The number of amides is 2. The minimum Gasteiger partial charge on any atom is -0.459 e. The van der Waals surface area contributed by atoms with E-state index in [-0.39, 0.29) is 11.8 Å². The Labute approximate surface area is 167 Å². The maximum atomic E-state index is 12.7. The topological polar surface area (TPSA) is 104 Å². The van der Waals surface area contributed by atoms with Gasteiger partial charge in [-0.2, -0.15) is 0 Å². The molecule has 0 atom stereocenters. The van der Waals surface area contributed by atoms with E-state index in [1.807, 2.05) is 12.1 Å². The summed E-state index contributed by atoms with van der Waals surface area (Å²) in [4.78, 5) is 40.9. The van der Waals surface area contributed by atoms with Crippen molar-refractivity contribution in [3.63, 3.8) is 0 Å². The van der Waals surface area contributed by atoms with Gasteiger partial charge < -0.3 is 19.5 Å². The maximum absolute atomic E-state index is 12.7. The summed E-state index contributed by atoms with van der Waals surface area (Å²) in [7, 11) is 0. The van der Waals surface area contributed by atoms with Crippen LogP contribution in [0, 0.1) is 0 Å². The fourth-order valence-electron chi connectivity index (χ4n) is 3.06. The lowest BCUT2D eigenvalue weighted by Crippen LogP contribution is -2.50. The highest BCUT2D eigenvalue weighted by Gasteiger charge is 2.26. The predicted octanol–water partition coefficient (Wildman–Crippen LogP) is 1.67. The molecule has 148 valence electrons. The van der Waals surface area contributed by atoms with Crippen LogP contribution in [-0.4, -0.2) is 62.7 Å². The summed E-state index contributed by atoms with van der Waals surface area (Å²) in [5, 5.41) is 3.10. The molecule has 4 rings (SSSR count). The molecule has 29 heavy (non-hydrogen) atoms. The van der Waals surface area contributed by atoms with E-state index in [1.54, 1.807) is 34.3 Å². The molecule has 4 heterocycles. The summed E-state index contributed by atoms with van der Waals surface area (Å²) in [6, 6.07) is 7.14. The molecule has 9 heteroatoms. The van der Waals surface area contributed by atoms with Crippen molar-refractivity contribution in [2.45, 2.75) is 6.54 Å². The van der Waals surface area contributed by atoms with E-state index in [4.69, 9.17) is 4.42 Å².